The molecule has 0 aliphatic carbocycles. The molecule has 0 saturated carbocycles. The van der Waals surface area contributed by atoms with Crippen LogP contribution in [-0.2, 0) is 21.2 Å². The third kappa shape index (κ3) is 5.94. The summed E-state index contributed by atoms with van der Waals surface area (Å²) in [5.41, 5.74) is 1.32. The van der Waals surface area contributed by atoms with E-state index in [0.717, 1.165) is 29.5 Å². The van der Waals surface area contributed by atoms with Crippen LogP contribution in [0.2, 0.25) is 5.02 Å². The van der Waals surface area contributed by atoms with Crippen LogP contribution in [0.4, 0.5) is 10.1 Å². The first kappa shape index (κ1) is 22.2. The normalized spacial score (nSPS) is 12.4. The number of hydrogen-bond donors (Lipinski definition) is 1. The quantitative estimate of drug-likeness (QED) is 0.620. The predicted molar refractivity (Wildman–Crippen MR) is 111 cm³/mol. The molecule has 8 heteroatoms. The summed E-state index contributed by atoms with van der Waals surface area (Å²) in [6, 6.07) is 12.5. The van der Waals surface area contributed by atoms with Crippen LogP contribution in [0.25, 0.3) is 0 Å². The largest absolute Gasteiger partial charge is 0.354 e. The van der Waals surface area contributed by atoms with Gasteiger partial charge in [-0.25, -0.2) is 12.8 Å². The van der Waals surface area contributed by atoms with Crippen LogP contribution >= 0.6 is 11.6 Å². The van der Waals surface area contributed by atoms with Crippen molar-refractivity contribution in [2.24, 2.45) is 0 Å². The second kappa shape index (κ2) is 9.89. The maximum atomic E-state index is 13.5. The molecular formula is C20H24ClFN2O3S. The van der Waals surface area contributed by atoms with E-state index in [9.17, 15) is 17.6 Å². The Labute approximate surface area is 170 Å². The third-order valence-corrected chi connectivity index (χ3v) is 5.74. The molecule has 0 heterocycles. The van der Waals surface area contributed by atoms with Crippen molar-refractivity contribution in [3.05, 3.63) is 64.9 Å². The monoisotopic (exact) mass is 426 g/mol. The standard InChI is InChI=1S/C20H24ClFN2O3S/c1-3-19(20(25)23-13-7-10-15-8-5-4-6-9-15)24(28(2,26)27)16-11-12-18(22)17(21)14-16/h4-6,8-9,11-12,14,19H,3,7,10,13H2,1-2H3,(H,23,25)/t19-/m0/s1. The molecule has 0 radical (unpaired) electrons. The van der Waals surface area contributed by atoms with Crippen molar-refractivity contribution in [1.82, 2.24) is 5.32 Å². The minimum Gasteiger partial charge on any atom is -0.354 e. The molecule has 1 atom stereocenters. The Morgan fingerprint density at radius 3 is 2.46 bits per heavy atom. The molecular weight excluding hydrogens is 403 g/mol. The van der Waals surface area contributed by atoms with E-state index in [1.54, 1.807) is 6.92 Å². The average molecular weight is 427 g/mol. The lowest BCUT2D eigenvalue weighted by Gasteiger charge is -2.30. The number of anilines is 1. The fourth-order valence-corrected chi connectivity index (χ4v) is 4.33. The number of amides is 1. The fraction of sp³-hybridized carbons (Fsp3) is 0.350. The number of aryl methyl sites for hydroxylation is 1. The van der Waals surface area contributed by atoms with Crippen molar-refractivity contribution in [2.75, 3.05) is 17.1 Å². The molecule has 0 spiro atoms. The first-order chi connectivity index (χ1) is 13.2. The summed E-state index contributed by atoms with van der Waals surface area (Å²) < 4.78 is 39.2. The van der Waals surface area contributed by atoms with Crippen molar-refractivity contribution >= 4 is 33.2 Å². The number of sulfonamides is 1. The van der Waals surface area contributed by atoms with Crippen LogP contribution in [0, 0.1) is 5.82 Å². The molecule has 1 amide bonds. The number of halogens is 2. The lowest BCUT2D eigenvalue weighted by Crippen LogP contribution is -2.49. The lowest BCUT2D eigenvalue weighted by molar-refractivity contribution is -0.122. The zero-order valence-electron chi connectivity index (χ0n) is 15.9. The second-order valence-corrected chi connectivity index (χ2v) is 8.73. The molecule has 0 unspecified atom stereocenters. The minimum atomic E-state index is -3.79. The van der Waals surface area contributed by atoms with Gasteiger partial charge in [-0.3, -0.25) is 9.10 Å². The summed E-state index contributed by atoms with van der Waals surface area (Å²) in [4.78, 5) is 12.7. The van der Waals surface area contributed by atoms with E-state index in [2.05, 4.69) is 5.32 Å². The molecule has 0 aromatic heterocycles. The van der Waals surface area contributed by atoms with Gasteiger partial charge in [0.25, 0.3) is 0 Å². The maximum Gasteiger partial charge on any atom is 0.243 e. The zero-order chi connectivity index (χ0) is 20.7. The predicted octanol–water partition coefficient (Wildman–Crippen LogP) is 3.77. The van der Waals surface area contributed by atoms with Crippen molar-refractivity contribution < 1.29 is 17.6 Å². The second-order valence-electron chi connectivity index (χ2n) is 6.46. The van der Waals surface area contributed by atoms with E-state index in [1.165, 1.54) is 17.7 Å². The summed E-state index contributed by atoms with van der Waals surface area (Å²) in [6.45, 7) is 2.14. The number of carbonyl (C=O) groups is 1. The van der Waals surface area contributed by atoms with Crippen LogP contribution in [0.15, 0.2) is 48.5 Å². The fourth-order valence-electron chi connectivity index (χ4n) is 2.95. The van der Waals surface area contributed by atoms with Crippen LogP contribution in [-0.4, -0.2) is 33.2 Å². The van der Waals surface area contributed by atoms with E-state index < -0.39 is 27.8 Å². The highest BCUT2D eigenvalue weighted by atomic mass is 35.5. The number of carbonyl (C=O) groups excluding carboxylic acids is 1. The van der Waals surface area contributed by atoms with E-state index in [4.69, 9.17) is 11.6 Å². The minimum absolute atomic E-state index is 0.153. The summed E-state index contributed by atoms with van der Waals surface area (Å²) in [7, 11) is -3.79. The molecule has 152 valence electrons. The number of rotatable bonds is 9. The highest BCUT2D eigenvalue weighted by Gasteiger charge is 2.31. The van der Waals surface area contributed by atoms with Crippen LogP contribution in [0.5, 0.6) is 0 Å². The Morgan fingerprint density at radius 2 is 1.89 bits per heavy atom. The van der Waals surface area contributed by atoms with Gasteiger partial charge in [-0.2, -0.15) is 0 Å². The molecule has 1 N–H and O–H groups in total. The van der Waals surface area contributed by atoms with Gasteiger partial charge in [-0.15, -0.1) is 0 Å². The van der Waals surface area contributed by atoms with Gasteiger partial charge in [0.1, 0.15) is 11.9 Å². The van der Waals surface area contributed by atoms with Crippen LogP contribution in [0.3, 0.4) is 0 Å². The van der Waals surface area contributed by atoms with Gasteiger partial charge in [0.05, 0.1) is 17.0 Å². The number of benzene rings is 2. The molecule has 0 saturated heterocycles. The Kier molecular flexibility index (Phi) is 7.83. The summed E-state index contributed by atoms with van der Waals surface area (Å²) in [5, 5.41) is 2.60. The Hall–Kier alpha value is -2.12. The van der Waals surface area contributed by atoms with Gasteiger partial charge in [-0.1, -0.05) is 48.9 Å². The molecule has 5 nitrogen and oxygen atoms in total. The van der Waals surface area contributed by atoms with Crippen molar-refractivity contribution in [3.8, 4) is 0 Å². The van der Waals surface area contributed by atoms with Crippen molar-refractivity contribution in [3.63, 3.8) is 0 Å². The summed E-state index contributed by atoms with van der Waals surface area (Å²) in [5.74, 6) is -1.06. The molecule has 2 rings (SSSR count). The van der Waals surface area contributed by atoms with E-state index in [-0.39, 0.29) is 17.1 Å². The topological polar surface area (TPSA) is 66.5 Å². The van der Waals surface area contributed by atoms with Gasteiger partial charge in [0.15, 0.2) is 0 Å². The molecule has 0 fully saturated rings. The van der Waals surface area contributed by atoms with Gasteiger partial charge >= 0.3 is 0 Å². The first-order valence-electron chi connectivity index (χ1n) is 9.00. The molecule has 0 aliphatic heterocycles. The number of nitrogens with zero attached hydrogens (tertiary/aromatic N) is 1. The highest BCUT2D eigenvalue weighted by molar-refractivity contribution is 7.92. The van der Waals surface area contributed by atoms with E-state index in [0.29, 0.717) is 6.54 Å². The molecule has 2 aromatic carbocycles. The SMILES string of the molecule is CC[C@@H](C(=O)NCCCc1ccccc1)N(c1ccc(F)c(Cl)c1)S(C)(=O)=O. The number of hydrogen-bond acceptors (Lipinski definition) is 3. The molecule has 2 aromatic rings. The van der Waals surface area contributed by atoms with E-state index >= 15 is 0 Å². The van der Waals surface area contributed by atoms with Gasteiger partial charge in [0.2, 0.25) is 15.9 Å². The molecule has 0 aliphatic rings. The zero-order valence-corrected chi connectivity index (χ0v) is 17.4. The lowest BCUT2D eigenvalue weighted by atomic mass is 10.1. The molecule has 0 bridgehead atoms. The Bertz CT molecular complexity index is 907. The summed E-state index contributed by atoms with van der Waals surface area (Å²) in [6.07, 6.45) is 2.80. The third-order valence-electron chi connectivity index (χ3n) is 4.27. The van der Waals surface area contributed by atoms with E-state index in [1.807, 2.05) is 30.3 Å². The maximum absolute atomic E-state index is 13.5. The van der Waals surface area contributed by atoms with Gasteiger partial charge in [-0.05, 0) is 43.0 Å². The highest BCUT2D eigenvalue weighted by Crippen LogP contribution is 2.27. The Balaban J connectivity index is 2.09. The average Bonchev–Trinajstić information content (AvgIpc) is 2.65. The van der Waals surface area contributed by atoms with Gasteiger partial charge in [0, 0.05) is 6.54 Å². The van der Waals surface area contributed by atoms with Crippen molar-refractivity contribution in [1.29, 1.82) is 0 Å². The number of nitrogens with one attached hydrogen (secondary N) is 1. The Morgan fingerprint density at radius 1 is 1.21 bits per heavy atom. The van der Waals surface area contributed by atoms with Crippen LogP contribution in [0.1, 0.15) is 25.3 Å². The smallest absolute Gasteiger partial charge is 0.243 e. The summed E-state index contributed by atoms with van der Waals surface area (Å²) >= 11 is 5.80. The van der Waals surface area contributed by atoms with Gasteiger partial charge < -0.3 is 5.32 Å². The first-order valence-corrected chi connectivity index (χ1v) is 11.2. The van der Waals surface area contributed by atoms with Crippen molar-refractivity contribution in [2.45, 2.75) is 32.2 Å². The molecule has 28 heavy (non-hydrogen) atoms. The van der Waals surface area contributed by atoms with Crippen LogP contribution < -0.4 is 9.62 Å².